The molecule has 0 saturated carbocycles. The maximum Gasteiger partial charge on any atom is 0.419 e. The van der Waals surface area contributed by atoms with E-state index in [0.29, 0.717) is 12.0 Å². The molecule has 1 atom stereocenters. The van der Waals surface area contributed by atoms with Gasteiger partial charge in [-0.15, -0.1) is 6.58 Å². The van der Waals surface area contributed by atoms with Crippen molar-refractivity contribution in [2.24, 2.45) is 0 Å². The van der Waals surface area contributed by atoms with Gasteiger partial charge in [0.25, 0.3) is 0 Å². The number of halogens is 4. The monoisotopic (exact) mass is 316 g/mol. The molecule has 0 aromatic heterocycles. The molecule has 1 N–H and O–H groups in total. The SMILES string of the molecule is C=C(C)C[C@@H](c1ccc(C(F)(F)F)c(F)c1)N1CCNCC1. The van der Waals surface area contributed by atoms with Crippen molar-refractivity contribution < 1.29 is 17.6 Å². The highest BCUT2D eigenvalue weighted by molar-refractivity contribution is 5.29. The lowest BCUT2D eigenvalue weighted by molar-refractivity contribution is -0.140. The topological polar surface area (TPSA) is 15.3 Å². The molecule has 0 spiro atoms. The maximum atomic E-state index is 13.8. The summed E-state index contributed by atoms with van der Waals surface area (Å²) in [4.78, 5) is 2.16. The average molecular weight is 316 g/mol. The van der Waals surface area contributed by atoms with Crippen molar-refractivity contribution >= 4 is 0 Å². The smallest absolute Gasteiger partial charge is 0.314 e. The lowest BCUT2D eigenvalue weighted by Gasteiger charge is -2.35. The van der Waals surface area contributed by atoms with E-state index in [4.69, 9.17) is 0 Å². The van der Waals surface area contributed by atoms with E-state index in [0.717, 1.165) is 43.9 Å². The van der Waals surface area contributed by atoms with Crippen LogP contribution >= 0.6 is 0 Å². The highest BCUT2D eigenvalue weighted by Crippen LogP contribution is 2.34. The zero-order valence-electron chi connectivity index (χ0n) is 12.5. The minimum atomic E-state index is -4.67. The fourth-order valence-electron chi connectivity index (χ4n) is 2.75. The predicted molar refractivity (Wildman–Crippen MR) is 78.0 cm³/mol. The van der Waals surface area contributed by atoms with Gasteiger partial charge in [0, 0.05) is 32.2 Å². The van der Waals surface area contributed by atoms with Gasteiger partial charge in [-0.1, -0.05) is 11.6 Å². The zero-order valence-corrected chi connectivity index (χ0v) is 12.5. The Balaban J connectivity index is 2.30. The van der Waals surface area contributed by atoms with Crippen LogP contribution in [0.3, 0.4) is 0 Å². The van der Waals surface area contributed by atoms with E-state index in [1.807, 2.05) is 6.92 Å². The van der Waals surface area contributed by atoms with Crippen molar-refractivity contribution in [1.82, 2.24) is 10.2 Å². The second kappa shape index (κ2) is 6.79. The summed E-state index contributed by atoms with van der Waals surface area (Å²) in [6, 6.07) is 3.08. The summed E-state index contributed by atoms with van der Waals surface area (Å²) in [7, 11) is 0. The van der Waals surface area contributed by atoms with E-state index in [1.54, 1.807) is 0 Å². The highest BCUT2D eigenvalue weighted by Gasteiger charge is 2.34. The Morgan fingerprint density at radius 3 is 2.45 bits per heavy atom. The number of nitrogens with one attached hydrogen (secondary N) is 1. The maximum absolute atomic E-state index is 13.8. The lowest BCUT2D eigenvalue weighted by Crippen LogP contribution is -2.45. The summed E-state index contributed by atoms with van der Waals surface area (Å²) >= 11 is 0. The van der Waals surface area contributed by atoms with Crippen LogP contribution in [0.2, 0.25) is 0 Å². The van der Waals surface area contributed by atoms with Crippen molar-refractivity contribution in [3.8, 4) is 0 Å². The van der Waals surface area contributed by atoms with Crippen molar-refractivity contribution in [3.63, 3.8) is 0 Å². The van der Waals surface area contributed by atoms with Crippen molar-refractivity contribution in [1.29, 1.82) is 0 Å². The molecular formula is C16H20F4N2. The summed E-state index contributed by atoms with van der Waals surface area (Å²) in [5.41, 5.74) is 0.268. The van der Waals surface area contributed by atoms with Crippen molar-refractivity contribution in [2.45, 2.75) is 25.6 Å². The van der Waals surface area contributed by atoms with Crippen LogP contribution < -0.4 is 5.32 Å². The Kier molecular flexibility index (Phi) is 5.24. The van der Waals surface area contributed by atoms with Gasteiger partial charge in [0.1, 0.15) is 5.82 Å². The number of hydrogen-bond acceptors (Lipinski definition) is 2. The van der Waals surface area contributed by atoms with Gasteiger partial charge in [-0.3, -0.25) is 4.90 Å². The van der Waals surface area contributed by atoms with E-state index in [9.17, 15) is 17.6 Å². The third kappa shape index (κ3) is 4.08. The molecule has 6 heteroatoms. The van der Waals surface area contributed by atoms with Crippen LogP contribution in [0.15, 0.2) is 30.4 Å². The molecule has 22 heavy (non-hydrogen) atoms. The molecule has 1 heterocycles. The molecule has 0 aliphatic carbocycles. The van der Waals surface area contributed by atoms with Gasteiger partial charge in [0.15, 0.2) is 0 Å². The molecule has 122 valence electrons. The second-order valence-electron chi connectivity index (χ2n) is 5.70. The first-order valence-corrected chi connectivity index (χ1v) is 7.25. The zero-order chi connectivity index (χ0) is 16.3. The van der Waals surface area contributed by atoms with Crippen LogP contribution in [0, 0.1) is 5.82 Å². The van der Waals surface area contributed by atoms with Crippen molar-refractivity contribution in [3.05, 3.63) is 47.3 Å². The van der Waals surface area contributed by atoms with Gasteiger partial charge in [-0.25, -0.2) is 4.39 Å². The van der Waals surface area contributed by atoms with Crippen molar-refractivity contribution in [2.75, 3.05) is 26.2 Å². The third-order valence-corrected chi connectivity index (χ3v) is 3.82. The highest BCUT2D eigenvalue weighted by atomic mass is 19.4. The molecule has 1 fully saturated rings. The Morgan fingerprint density at radius 1 is 1.32 bits per heavy atom. The molecular weight excluding hydrogens is 296 g/mol. The molecule has 2 rings (SSSR count). The minimum absolute atomic E-state index is 0.142. The van der Waals surface area contributed by atoms with E-state index >= 15 is 0 Å². The molecule has 0 radical (unpaired) electrons. The molecule has 0 amide bonds. The summed E-state index contributed by atoms with van der Waals surface area (Å²) in [5, 5.41) is 3.23. The summed E-state index contributed by atoms with van der Waals surface area (Å²) in [5.74, 6) is -1.22. The molecule has 1 aliphatic heterocycles. The normalized spacial score (nSPS) is 18.2. The summed E-state index contributed by atoms with van der Waals surface area (Å²) < 4.78 is 51.9. The molecule has 0 unspecified atom stereocenters. The number of piperazine rings is 1. The quantitative estimate of drug-likeness (QED) is 0.672. The lowest BCUT2D eigenvalue weighted by atomic mass is 9.96. The van der Waals surface area contributed by atoms with Gasteiger partial charge in [0.05, 0.1) is 5.56 Å². The van der Waals surface area contributed by atoms with E-state index in [-0.39, 0.29) is 6.04 Å². The van der Waals surface area contributed by atoms with E-state index < -0.39 is 17.6 Å². The molecule has 0 bridgehead atoms. The predicted octanol–water partition coefficient (Wildman–Crippen LogP) is 3.76. The molecule has 1 aromatic rings. The standard InChI is InChI=1S/C16H20F4N2/c1-11(2)9-15(22-7-5-21-6-8-22)12-3-4-13(14(17)10-12)16(18,19)20/h3-4,10,15,21H,1,5-9H2,2H3/t15-/m0/s1. The summed E-state index contributed by atoms with van der Waals surface area (Å²) in [6.45, 7) is 8.94. The van der Waals surface area contributed by atoms with E-state index in [2.05, 4.69) is 16.8 Å². The number of hydrogen-bond donors (Lipinski definition) is 1. The van der Waals surface area contributed by atoms with Gasteiger partial charge in [-0.2, -0.15) is 13.2 Å². The Morgan fingerprint density at radius 2 is 1.95 bits per heavy atom. The molecule has 1 aromatic carbocycles. The number of alkyl halides is 3. The van der Waals surface area contributed by atoms with Crippen LogP contribution in [0.25, 0.3) is 0 Å². The van der Waals surface area contributed by atoms with Gasteiger partial charge < -0.3 is 5.32 Å². The minimum Gasteiger partial charge on any atom is -0.314 e. The number of rotatable bonds is 4. The average Bonchev–Trinajstić information content (AvgIpc) is 2.44. The number of nitrogens with zero attached hydrogens (tertiary/aromatic N) is 1. The first-order chi connectivity index (χ1) is 10.3. The van der Waals surface area contributed by atoms with Crippen LogP contribution in [0.4, 0.5) is 17.6 Å². The first kappa shape index (κ1) is 17.0. The largest absolute Gasteiger partial charge is 0.419 e. The second-order valence-corrected chi connectivity index (χ2v) is 5.70. The van der Waals surface area contributed by atoms with Crippen LogP contribution in [-0.4, -0.2) is 31.1 Å². The first-order valence-electron chi connectivity index (χ1n) is 7.25. The molecule has 1 saturated heterocycles. The third-order valence-electron chi connectivity index (χ3n) is 3.82. The van der Waals surface area contributed by atoms with Crippen LogP contribution in [0.1, 0.15) is 30.5 Å². The summed E-state index contributed by atoms with van der Waals surface area (Å²) in [6.07, 6.45) is -4.06. The fourth-order valence-corrected chi connectivity index (χ4v) is 2.75. The molecule has 2 nitrogen and oxygen atoms in total. The van der Waals surface area contributed by atoms with Crippen LogP contribution in [0.5, 0.6) is 0 Å². The molecule has 1 aliphatic rings. The Hall–Kier alpha value is -1.40. The number of benzene rings is 1. The Bertz CT molecular complexity index is 533. The van der Waals surface area contributed by atoms with Gasteiger partial charge in [-0.05, 0) is 31.0 Å². The van der Waals surface area contributed by atoms with Gasteiger partial charge in [0.2, 0.25) is 0 Å². The van der Waals surface area contributed by atoms with E-state index in [1.165, 1.54) is 6.07 Å². The van der Waals surface area contributed by atoms with Gasteiger partial charge >= 0.3 is 6.18 Å². The Labute approximate surface area is 127 Å². The van der Waals surface area contributed by atoms with Crippen LogP contribution in [-0.2, 0) is 6.18 Å². The fraction of sp³-hybridized carbons (Fsp3) is 0.500.